The van der Waals surface area contributed by atoms with Gasteiger partial charge in [-0.1, -0.05) is 30.3 Å². The molecule has 2 bridgehead atoms. The zero-order chi connectivity index (χ0) is 27.4. The Morgan fingerprint density at radius 2 is 1.76 bits per heavy atom. The van der Waals surface area contributed by atoms with Crippen LogP contribution < -0.4 is 5.32 Å². The van der Waals surface area contributed by atoms with Gasteiger partial charge in [0.15, 0.2) is 0 Å². The van der Waals surface area contributed by atoms with E-state index in [1.165, 1.54) is 12.8 Å². The number of pyridine rings is 1. The van der Waals surface area contributed by atoms with Gasteiger partial charge < -0.3 is 19.9 Å². The number of aromatic nitrogens is 2. The Balaban J connectivity index is 0.00000302. The highest BCUT2D eigenvalue weighted by atomic mass is 35.5. The maximum absolute atomic E-state index is 12.2. The van der Waals surface area contributed by atoms with Crippen LogP contribution in [0.5, 0.6) is 0 Å². The topological polar surface area (TPSA) is 94.2 Å². The number of hydrogen-bond donors (Lipinski definition) is 2. The molecule has 3 aromatic carbocycles. The number of nitrogens with one attached hydrogen (secondary N) is 1. The van der Waals surface area contributed by atoms with Gasteiger partial charge in [-0.25, -0.2) is 9.78 Å². The Morgan fingerprint density at radius 1 is 1.00 bits per heavy atom. The van der Waals surface area contributed by atoms with Crippen molar-refractivity contribution in [3.05, 3.63) is 90.3 Å². The van der Waals surface area contributed by atoms with Crippen LogP contribution >= 0.6 is 12.4 Å². The van der Waals surface area contributed by atoms with Crippen molar-refractivity contribution in [2.24, 2.45) is 0 Å². The van der Waals surface area contributed by atoms with Crippen molar-refractivity contribution in [1.82, 2.24) is 14.5 Å². The number of anilines is 1. The molecule has 206 valence electrons. The lowest BCUT2D eigenvalue weighted by molar-refractivity contribution is 0.0698. The number of carbonyl (C=O) groups is 1. The lowest BCUT2D eigenvalue weighted by atomic mass is 9.97. The number of hydrogen-bond acceptors (Lipinski definition) is 5. The van der Waals surface area contributed by atoms with Crippen molar-refractivity contribution in [3.8, 4) is 22.9 Å². The molecule has 2 aliphatic heterocycles. The summed E-state index contributed by atoms with van der Waals surface area (Å²) in [5, 5.41) is 25.1. The molecule has 7 nitrogen and oxygen atoms in total. The lowest BCUT2D eigenvalue weighted by Crippen LogP contribution is -2.44. The molecule has 2 unspecified atom stereocenters. The van der Waals surface area contributed by atoms with Gasteiger partial charge in [0, 0.05) is 46.3 Å². The molecule has 2 fully saturated rings. The summed E-state index contributed by atoms with van der Waals surface area (Å²) in [6.07, 6.45) is 6.21. The Labute approximate surface area is 244 Å². The fraction of sp³-hybridized carbons (Fsp3) is 0.242. The smallest absolute Gasteiger partial charge is 0.337 e. The summed E-state index contributed by atoms with van der Waals surface area (Å²) in [5.41, 5.74) is 6.28. The molecule has 2 aromatic heterocycles. The molecule has 0 spiro atoms. The Bertz CT molecular complexity index is 1810. The summed E-state index contributed by atoms with van der Waals surface area (Å²) in [5.74, 6) is -0.928. The van der Waals surface area contributed by atoms with Gasteiger partial charge in [0.2, 0.25) is 0 Å². The van der Waals surface area contributed by atoms with E-state index in [9.17, 15) is 15.2 Å². The van der Waals surface area contributed by atoms with Crippen LogP contribution in [0, 0.1) is 11.3 Å². The highest BCUT2D eigenvalue weighted by Crippen LogP contribution is 2.40. The number of halogens is 1. The minimum absolute atomic E-state index is 0. The summed E-state index contributed by atoms with van der Waals surface area (Å²) in [6.45, 7) is 0. The largest absolute Gasteiger partial charge is 0.478 e. The van der Waals surface area contributed by atoms with E-state index >= 15 is 0 Å². The predicted octanol–water partition coefficient (Wildman–Crippen LogP) is 6.87. The van der Waals surface area contributed by atoms with Crippen LogP contribution in [-0.2, 0) is 0 Å². The number of nitriles is 1. The minimum Gasteiger partial charge on any atom is -0.478 e. The number of carboxylic acids is 1. The second kappa shape index (κ2) is 10.5. The van der Waals surface area contributed by atoms with Gasteiger partial charge in [-0.15, -0.1) is 12.4 Å². The molecular formula is C33H30ClN5O2. The number of carboxylic acid groups (broad SMARTS) is 1. The SMILES string of the molecule is CN1C2CCC1CC(Nc1cc(-n3c4ccccc4c4c(-c5ccc(C#N)nc5)cccc43)ccc1C(=O)O)C2.Cl. The lowest BCUT2D eigenvalue weighted by Gasteiger charge is -2.37. The van der Waals surface area contributed by atoms with E-state index in [0.29, 0.717) is 29.0 Å². The summed E-state index contributed by atoms with van der Waals surface area (Å²) in [4.78, 5) is 19.0. The van der Waals surface area contributed by atoms with Gasteiger partial charge >= 0.3 is 5.97 Å². The third-order valence-electron chi connectivity index (χ3n) is 8.84. The molecule has 7 rings (SSSR count). The Hall–Kier alpha value is -4.38. The number of rotatable bonds is 5. The van der Waals surface area contributed by atoms with Crippen molar-refractivity contribution in [2.45, 2.75) is 43.8 Å². The van der Waals surface area contributed by atoms with Crippen LogP contribution in [0.25, 0.3) is 38.6 Å². The van der Waals surface area contributed by atoms with Crippen LogP contribution in [-0.4, -0.2) is 50.7 Å². The van der Waals surface area contributed by atoms with E-state index in [2.05, 4.69) is 57.2 Å². The summed E-state index contributed by atoms with van der Waals surface area (Å²) in [6, 6.07) is 27.2. The zero-order valence-corrected chi connectivity index (χ0v) is 23.4. The molecule has 2 saturated heterocycles. The molecular weight excluding hydrogens is 534 g/mol. The average molecular weight is 564 g/mol. The first-order valence-corrected chi connectivity index (χ1v) is 13.8. The van der Waals surface area contributed by atoms with Crippen LogP contribution in [0.1, 0.15) is 41.7 Å². The first-order chi connectivity index (χ1) is 19.5. The molecule has 0 amide bonds. The Morgan fingerprint density at radius 3 is 2.46 bits per heavy atom. The fourth-order valence-corrected chi connectivity index (χ4v) is 6.88. The number of benzene rings is 3. The molecule has 8 heteroatoms. The molecule has 0 saturated carbocycles. The molecule has 2 N–H and O–H groups in total. The van der Waals surface area contributed by atoms with Crippen LogP contribution in [0.4, 0.5) is 5.69 Å². The van der Waals surface area contributed by atoms with Crippen molar-refractivity contribution in [1.29, 1.82) is 5.26 Å². The van der Waals surface area contributed by atoms with E-state index in [-0.39, 0.29) is 18.4 Å². The first-order valence-electron chi connectivity index (χ1n) is 13.8. The normalized spacial score (nSPS) is 20.0. The second-order valence-electron chi connectivity index (χ2n) is 11.0. The van der Waals surface area contributed by atoms with E-state index in [1.807, 2.05) is 36.4 Å². The van der Waals surface area contributed by atoms with Gasteiger partial charge in [-0.05, 0) is 80.8 Å². The van der Waals surface area contributed by atoms with Crippen molar-refractivity contribution < 1.29 is 9.90 Å². The van der Waals surface area contributed by atoms with E-state index < -0.39 is 5.97 Å². The molecule has 4 heterocycles. The average Bonchev–Trinajstić information content (AvgIpc) is 3.40. The molecule has 0 aliphatic carbocycles. The maximum Gasteiger partial charge on any atom is 0.337 e. The minimum atomic E-state index is -0.928. The molecule has 2 atom stereocenters. The fourth-order valence-electron chi connectivity index (χ4n) is 6.88. The van der Waals surface area contributed by atoms with E-state index in [0.717, 1.165) is 51.5 Å². The number of aromatic carboxylic acids is 1. The van der Waals surface area contributed by atoms with Crippen LogP contribution in [0.2, 0.25) is 0 Å². The number of para-hydroxylation sites is 1. The third kappa shape index (κ3) is 4.50. The molecule has 2 aliphatic rings. The van der Waals surface area contributed by atoms with Crippen LogP contribution in [0.3, 0.4) is 0 Å². The number of piperidine rings is 1. The highest BCUT2D eigenvalue weighted by Gasteiger charge is 2.38. The summed E-state index contributed by atoms with van der Waals surface area (Å²) < 4.78 is 2.21. The van der Waals surface area contributed by atoms with Crippen molar-refractivity contribution in [2.75, 3.05) is 12.4 Å². The predicted molar refractivity (Wildman–Crippen MR) is 164 cm³/mol. The van der Waals surface area contributed by atoms with Gasteiger partial charge in [0.25, 0.3) is 0 Å². The van der Waals surface area contributed by atoms with E-state index in [1.54, 1.807) is 18.3 Å². The third-order valence-corrected chi connectivity index (χ3v) is 8.84. The van der Waals surface area contributed by atoms with Gasteiger partial charge in [-0.2, -0.15) is 5.26 Å². The molecule has 0 radical (unpaired) electrons. The number of nitrogens with zero attached hydrogens (tertiary/aromatic N) is 4. The van der Waals surface area contributed by atoms with Gasteiger partial charge in [0.05, 0.1) is 22.3 Å². The van der Waals surface area contributed by atoms with Crippen LogP contribution in [0.15, 0.2) is 79.0 Å². The number of fused-ring (bicyclic) bond motifs is 5. The van der Waals surface area contributed by atoms with Crippen molar-refractivity contribution in [3.63, 3.8) is 0 Å². The quantitative estimate of drug-likeness (QED) is 0.242. The van der Waals surface area contributed by atoms with Crippen molar-refractivity contribution >= 4 is 45.9 Å². The summed E-state index contributed by atoms with van der Waals surface area (Å²) >= 11 is 0. The Kier molecular flexibility index (Phi) is 6.90. The standard InChI is InChI=1S/C33H29N5O2.ClH/c1-37-23-11-12-24(37)16-22(15-23)36-29-17-25(13-14-27(29)33(39)40)38-30-7-3-2-5-28(30)32-26(6-4-8-31(32)38)20-9-10-21(18-34)35-19-20;/h2-10,13-14,17,19,22-24,36H,11-12,15-16H2,1H3,(H,39,40);1H. The van der Waals surface area contributed by atoms with Gasteiger partial charge in [0.1, 0.15) is 11.8 Å². The zero-order valence-electron chi connectivity index (χ0n) is 22.6. The second-order valence-corrected chi connectivity index (χ2v) is 11.0. The van der Waals surface area contributed by atoms with E-state index in [4.69, 9.17) is 0 Å². The maximum atomic E-state index is 12.2. The highest BCUT2D eigenvalue weighted by molar-refractivity contribution is 6.15. The monoisotopic (exact) mass is 563 g/mol. The molecule has 5 aromatic rings. The van der Waals surface area contributed by atoms with Gasteiger partial charge in [-0.3, -0.25) is 0 Å². The summed E-state index contributed by atoms with van der Waals surface area (Å²) in [7, 11) is 2.21. The first kappa shape index (κ1) is 26.8. The molecule has 41 heavy (non-hydrogen) atoms.